The van der Waals surface area contributed by atoms with Crippen LogP contribution in [-0.2, 0) is 7.05 Å². The fraction of sp³-hybridized carbons (Fsp3) is 0.474. The zero-order valence-electron chi connectivity index (χ0n) is 16.7. The summed E-state index contributed by atoms with van der Waals surface area (Å²) in [7, 11) is 1.57. The number of nitrogens with zero attached hydrogens (tertiary/aromatic N) is 3. The molecule has 3 rings (SSSR count). The summed E-state index contributed by atoms with van der Waals surface area (Å²) in [5, 5.41) is 0. The summed E-state index contributed by atoms with van der Waals surface area (Å²) >= 11 is 0.800. The van der Waals surface area contributed by atoms with Gasteiger partial charge < -0.3 is 21.1 Å². The molecule has 1 saturated heterocycles. The lowest BCUT2D eigenvalue weighted by Crippen LogP contribution is -2.44. The molecule has 1 fully saturated rings. The van der Waals surface area contributed by atoms with Crippen molar-refractivity contribution in [1.29, 1.82) is 0 Å². The molecule has 164 valence electrons. The largest absolute Gasteiger partial charge is 0.573 e. The van der Waals surface area contributed by atoms with Gasteiger partial charge in [-0.2, -0.15) is 4.98 Å². The molecule has 0 aliphatic carbocycles. The molecule has 0 bridgehead atoms. The van der Waals surface area contributed by atoms with E-state index in [-0.39, 0.29) is 21.0 Å². The first kappa shape index (κ1) is 22.3. The Morgan fingerprint density at radius 3 is 2.50 bits per heavy atom. The fourth-order valence-corrected chi connectivity index (χ4v) is 4.22. The van der Waals surface area contributed by atoms with Gasteiger partial charge in [-0.3, -0.25) is 9.36 Å². The Labute approximate surface area is 176 Å². The van der Waals surface area contributed by atoms with E-state index in [0.29, 0.717) is 25.6 Å². The molecule has 0 saturated carbocycles. The lowest BCUT2D eigenvalue weighted by atomic mass is 9.81. The van der Waals surface area contributed by atoms with E-state index in [1.807, 2.05) is 4.90 Å². The normalized spacial score (nSPS) is 16.5. The van der Waals surface area contributed by atoms with Gasteiger partial charge in [0.2, 0.25) is 5.95 Å². The maximum absolute atomic E-state index is 12.9. The second-order valence-corrected chi connectivity index (χ2v) is 8.64. The van der Waals surface area contributed by atoms with Crippen molar-refractivity contribution in [1.82, 2.24) is 9.55 Å². The Kier molecular flexibility index (Phi) is 6.23. The van der Waals surface area contributed by atoms with Gasteiger partial charge in [0.1, 0.15) is 16.5 Å². The van der Waals surface area contributed by atoms with E-state index in [4.69, 9.17) is 11.5 Å². The van der Waals surface area contributed by atoms with Gasteiger partial charge in [-0.15, -0.1) is 13.2 Å². The lowest BCUT2D eigenvalue weighted by molar-refractivity contribution is -0.275. The van der Waals surface area contributed by atoms with Crippen LogP contribution in [0.15, 0.2) is 38.9 Å². The van der Waals surface area contributed by atoms with Crippen molar-refractivity contribution < 1.29 is 17.9 Å². The standard InChI is InChI=1S/C19H24F3N5O2S/c1-18(11-23)7-9-27(10-8-18)17-25-15(24)14(16(28)26(17)2)30-13-6-4-3-5-12(13)29-19(20,21)22/h3-6H,7-11,23-24H2,1-2H3. The Morgan fingerprint density at radius 1 is 1.27 bits per heavy atom. The maximum Gasteiger partial charge on any atom is 0.573 e. The van der Waals surface area contributed by atoms with Crippen molar-refractivity contribution in [3.8, 4) is 5.75 Å². The number of hydrogen-bond acceptors (Lipinski definition) is 7. The van der Waals surface area contributed by atoms with Gasteiger partial charge in [0.25, 0.3) is 5.56 Å². The fourth-order valence-electron chi connectivity index (χ4n) is 3.27. The Balaban J connectivity index is 1.89. The lowest BCUT2D eigenvalue weighted by Gasteiger charge is -2.39. The number of para-hydroxylation sites is 1. The number of piperidine rings is 1. The van der Waals surface area contributed by atoms with Gasteiger partial charge in [0.15, 0.2) is 0 Å². The molecule has 2 aromatic rings. The average Bonchev–Trinajstić information content (AvgIpc) is 2.69. The van der Waals surface area contributed by atoms with E-state index in [1.165, 1.54) is 22.8 Å². The molecule has 0 radical (unpaired) electrons. The number of halogens is 3. The molecule has 30 heavy (non-hydrogen) atoms. The van der Waals surface area contributed by atoms with Crippen LogP contribution in [-0.4, -0.2) is 35.5 Å². The molecule has 4 N–H and O–H groups in total. The second kappa shape index (κ2) is 8.38. The highest BCUT2D eigenvalue weighted by molar-refractivity contribution is 7.99. The summed E-state index contributed by atoms with van der Waals surface area (Å²) in [5.41, 5.74) is 11.5. The van der Waals surface area contributed by atoms with E-state index in [2.05, 4.69) is 16.6 Å². The average molecular weight is 443 g/mol. The Bertz CT molecular complexity index is 972. The number of nitrogens with two attached hydrogens (primary N) is 2. The number of nitrogen functional groups attached to an aromatic ring is 1. The van der Waals surface area contributed by atoms with Crippen molar-refractivity contribution in [2.75, 3.05) is 30.3 Å². The van der Waals surface area contributed by atoms with Crippen LogP contribution in [0.25, 0.3) is 0 Å². The van der Waals surface area contributed by atoms with Crippen molar-refractivity contribution in [3.05, 3.63) is 34.6 Å². The van der Waals surface area contributed by atoms with Crippen LogP contribution in [0.5, 0.6) is 5.75 Å². The zero-order valence-corrected chi connectivity index (χ0v) is 17.5. The predicted molar refractivity (Wildman–Crippen MR) is 110 cm³/mol. The van der Waals surface area contributed by atoms with Gasteiger partial charge >= 0.3 is 6.36 Å². The molecular formula is C19H24F3N5O2S. The number of rotatable bonds is 5. The molecule has 7 nitrogen and oxygen atoms in total. The van der Waals surface area contributed by atoms with Gasteiger partial charge in [-0.1, -0.05) is 30.8 Å². The second-order valence-electron chi connectivity index (χ2n) is 7.59. The van der Waals surface area contributed by atoms with Gasteiger partial charge in [0, 0.05) is 20.1 Å². The molecular weight excluding hydrogens is 419 g/mol. The Morgan fingerprint density at radius 2 is 1.90 bits per heavy atom. The minimum atomic E-state index is -4.85. The molecule has 1 aliphatic heterocycles. The smallest absolute Gasteiger partial charge is 0.405 e. The first-order chi connectivity index (χ1) is 14.0. The topological polar surface area (TPSA) is 99.4 Å². The van der Waals surface area contributed by atoms with Crippen LogP contribution >= 0.6 is 11.8 Å². The van der Waals surface area contributed by atoms with Crippen molar-refractivity contribution in [2.45, 2.75) is 35.9 Å². The number of aromatic nitrogens is 2. The van der Waals surface area contributed by atoms with E-state index >= 15 is 0 Å². The van der Waals surface area contributed by atoms with Crippen molar-refractivity contribution >= 4 is 23.5 Å². The minimum absolute atomic E-state index is 0.0351. The third kappa shape index (κ3) is 4.84. The third-order valence-corrected chi connectivity index (χ3v) is 6.43. The highest BCUT2D eigenvalue weighted by Crippen LogP contribution is 2.38. The van der Waals surface area contributed by atoms with Gasteiger partial charge in [-0.25, -0.2) is 0 Å². The van der Waals surface area contributed by atoms with Crippen LogP contribution in [0, 0.1) is 5.41 Å². The molecule has 0 amide bonds. The van der Waals surface area contributed by atoms with Crippen LogP contribution < -0.4 is 26.7 Å². The number of benzene rings is 1. The highest BCUT2D eigenvalue weighted by atomic mass is 32.2. The Hall–Kier alpha value is -2.40. The molecule has 1 aromatic heterocycles. The summed E-state index contributed by atoms with van der Waals surface area (Å²) in [6, 6.07) is 5.58. The van der Waals surface area contributed by atoms with Crippen LogP contribution in [0.4, 0.5) is 24.9 Å². The van der Waals surface area contributed by atoms with Gasteiger partial charge in [-0.05, 0) is 36.9 Å². The minimum Gasteiger partial charge on any atom is -0.405 e. The van der Waals surface area contributed by atoms with Crippen LogP contribution in [0.3, 0.4) is 0 Å². The van der Waals surface area contributed by atoms with Crippen LogP contribution in [0.2, 0.25) is 0 Å². The van der Waals surface area contributed by atoms with Crippen LogP contribution in [0.1, 0.15) is 19.8 Å². The van der Waals surface area contributed by atoms with E-state index in [9.17, 15) is 18.0 Å². The monoisotopic (exact) mass is 443 g/mol. The zero-order chi connectivity index (χ0) is 22.1. The van der Waals surface area contributed by atoms with Gasteiger partial charge in [0.05, 0.1) is 4.90 Å². The SMILES string of the molecule is Cn1c(N2CCC(C)(CN)CC2)nc(N)c(Sc2ccccc2OC(F)(F)F)c1=O. The predicted octanol–water partition coefficient (Wildman–Crippen LogP) is 2.98. The number of hydrogen-bond donors (Lipinski definition) is 2. The quantitative estimate of drug-likeness (QED) is 0.733. The van der Waals surface area contributed by atoms with E-state index in [1.54, 1.807) is 13.1 Å². The number of anilines is 2. The first-order valence-corrected chi connectivity index (χ1v) is 10.2. The summed E-state index contributed by atoms with van der Waals surface area (Å²) in [5.74, 6) is -0.00884. The molecule has 2 heterocycles. The van der Waals surface area contributed by atoms with Crippen molar-refractivity contribution in [2.24, 2.45) is 18.2 Å². The highest BCUT2D eigenvalue weighted by Gasteiger charge is 2.33. The number of alkyl halides is 3. The van der Waals surface area contributed by atoms with E-state index < -0.39 is 17.7 Å². The molecule has 1 aliphatic rings. The summed E-state index contributed by atoms with van der Waals surface area (Å²) in [6.07, 6.45) is -3.13. The maximum atomic E-state index is 12.9. The summed E-state index contributed by atoms with van der Waals surface area (Å²) in [6.45, 7) is 4.08. The molecule has 11 heteroatoms. The molecule has 0 spiro atoms. The third-order valence-electron chi connectivity index (χ3n) is 5.29. The summed E-state index contributed by atoms with van der Waals surface area (Å²) < 4.78 is 43.4. The van der Waals surface area contributed by atoms with Crippen molar-refractivity contribution in [3.63, 3.8) is 0 Å². The summed E-state index contributed by atoms with van der Waals surface area (Å²) in [4.78, 5) is 19.5. The molecule has 1 aromatic carbocycles. The molecule has 0 atom stereocenters. The first-order valence-electron chi connectivity index (χ1n) is 9.37. The van der Waals surface area contributed by atoms with E-state index in [0.717, 1.165) is 24.6 Å². The number of ether oxygens (including phenoxy) is 1. The molecule has 0 unspecified atom stereocenters.